The third-order valence-electron chi connectivity index (χ3n) is 2.61. The van der Waals surface area contributed by atoms with Gasteiger partial charge in [0.25, 0.3) is 0 Å². The van der Waals surface area contributed by atoms with Crippen LogP contribution in [0.25, 0.3) is 0 Å². The van der Waals surface area contributed by atoms with E-state index in [1.807, 2.05) is 31.2 Å². The monoisotopic (exact) mass is 244 g/mol. The summed E-state index contributed by atoms with van der Waals surface area (Å²) in [4.78, 5) is 13.7. The van der Waals surface area contributed by atoms with Gasteiger partial charge < -0.3 is 15.5 Å². The molecule has 0 saturated heterocycles. The lowest BCUT2D eigenvalue weighted by atomic mass is 10.2. The molecule has 1 aromatic carbocycles. The fraction of sp³-hybridized carbons (Fsp3) is 0.214. The van der Waals surface area contributed by atoms with Crippen LogP contribution in [0.2, 0.25) is 0 Å². The Bertz CT molecular complexity index is 573. The average molecular weight is 244 g/mol. The predicted octanol–water partition coefficient (Wildman–Crippen LogP) is 1.89. The minimum atomic E-state index is -0.180. The van der Waals surface area contributed by atoms with E-state index in [4.69, 9.17) is 10.5 Å². The van der Waals surface area contributed by atoms with Crippen molar-refractivity contribution < 1.29 is 4.74 Å². The SMILES string of the molecule is Cc1ccc(OCCc2cc(N)[nH]c(=O)c2)cc1. The van der Waals surface area contributed by atoms with Gasteiger partial charge in [-0.25, -0.2) is 0 Å². The number of aromatic amines is 1. The minimum absolute atomic E-state index is 0.180. The number of aromatic nitrogens is 1. The normalized spacial score (nSPS) is 10.3. The molecule has 0 bridgehead atoms. The Balaban J connectivity index is 1.92. The van der Waals surface area contributed by atoms with Gasteiger partial charge in [-0.15, -0.1) is 0 Å². The van der Waals surface area contributed by atoms with Crippen LogP contribution < -0.4 is 16.0 Å². The van der Waals surface area contributed by atoms with Gasteiger partial charge in [-0.1, -0.05) is 17.7 Å². The van der Waals surface area contributed by atoms with Crippen molar-refractivity contribution in [2.75, 3.05) is 12.3 Å². The second kappa shape index (κ2) is 5.40. The molecule has 0 saturated carbocycles. The smallest absolute Gasteiger partial charge is 0.249 e. The van der Waals surface area contributed by atoms with E-state index >= 15 is 0 Å². The molecule has 0 aliphatic carbocycles. The number of nitrogens with one attached hydrogen (secondary N) is 1. The molecule has 94 valence electrons. The minimum Gasteiger partial charge on any atom is -0.493 e. The maximum Gasteiger partial charge on any atom is 0.249 e. The zero-order valence-corrected chi connectivity index (χ0v) is 10.3. The number of benzene rings is 1. The summed E-state index contributed by atoms with van der Waals surface area (Å²) in [6.07, 6.45) is 0.655. The molecule has 3 N–H and O–H groups in total. The van der Waals surface area contributed by atoms with Crippen LogP contribution in [0.4, 0.5) is 5.82 Å². The highest BCUT2D eigenvalue weighted by molar-refractivity contribution is 5.32. The van der Waals surface area contributed by atoms with Crippen molar-refractivity contribution in [1.82, 2.24) is 4.98 Å². The van der Waals surface area contributed by atoms with E-state index in [0.717, 1.165) is 11.3 Å². The number of H-pyrrole nitrogens is 1. The van der Waals surface area contributed by atoms with Crippen LogP contribution in [0.3, 0.4) is 0 Å². The van der Waals surface area contributed by atoms with Gasteiger partial charge in [-0.2, -0.15) is 0 Å². The van der Waals surface area contributed by atoms with Gasteiger partial charge in [0.15, 0.2) is 0 Å². The molecule has 18 heavy (non-hydrogen) atoms. The van der Waals surface area contributed by atoms with Gasteiger partial charge in [0, 0.05) is 12.5 Å². The summed E-state index contributed by atoms with van der Waals surface area (Å²) in [5.74, 6) is 1.21. The third-order valence-corrected chi connectivity index (χ3v) is 2.61. The van der Waals surface area contributed by atoms with Crippen molar-refractivity contribution in [2.24, 2.45) is 0 Å². The number of hydrogen-bond donors (Lipinski definition) is 2. The molecule has 2 aromatic rings. The highest BCUT2D eigenvalue weighted by Gasteiger charge is 1.98. The Morgan fingerprint density at radius 3 is 2.61 bits per heavy atom. The first-order chi connectivity index (χ1) is 8.63. The Labute approximate surface area is 105 Å². The second-order valence-electron chi connectivity index (χ2n) is 4.22. The number of ether oxygens (including phenoxy) is 1. The molecule has 0 spiro atoms. The molecular formula is C14H16N2O2. The van der Waals surface area contributed by atoms with Gasteiger partial charge >= 0.3 is 0 Å². The Hall–Kier alpha value is -2.23. The van der Waals surface area contributed by atoms with E-state index in [1.165, 1.54) is 11.6 Å². The molecule has 0 radical (unpaired) electrons. The third kappa shape index (κ3) is 3.38. The van der Waals surface area contributed by atoms with Crippen molar-refractivity contribution in [2.45, 2.75) is 13.3 Å². The summed E-state index contributed by atoms with van der Waals surface area (Å²) < 4.78 is 5.59. The highest BCUT2D eigenvalue weighted by Crippen LogP contribution is 2.12. The molecule has 2 rings (SSSR count). The lowest BCUT2D eigenvalue weighted by molar-refractivity contribution is 0.322. The standard InChI is InChI=1S/C14H16N2O2/c1-10-2-4-12(5-3-10)18-7-6-11-8-13(15)16-14(17)9-11/h2-5,8-9H,6-7H2,1H3,(H3,15,16,17). The van der Waals surface area contributed by atoms with Crippen molar-refractivity contribution >= 4 is 5.82 Å². The van der Waals surface area contributed by atoms with Crippen LogP contribution in [-0.4, -0.2) is 11.6 Å². The van der Waals surface area contributed by atoms with Gasteiger partial charge in [0.05, 0.1) is 6.61 Å². The van der Waals surface area contributed by atoms with Gasteiger partial charge in [-0.3, -0.25) is 4.79 Å². The zero-order valence-electron chi connectivity index (χ0n) is 10.3. The highest BCUT2D eigenvalue weighted by atomic mass is 16.5. The molecule has 0 unspecified atom stereocenters. The number of aryl methyl sites for hydroxylation is 1. The molecule has 1 aromatic heterocycles. The van der Waals surface area contributed by atoms with Crippen LogP contribution in [0.1, 0.15) is 11.1 Å². The number of nitrogens with two attached hydrogens (primary N) is 1. The van der Waals surface area contributed by atoms with Crippen molar-refractivity contribution in [3.05, 3.63) is 57.9 Å². The number of anilines is 1. The summed E-state index contributed by atoms with van der Waals surface area (Å²) >= 11 is 0. The maximum absolute atomic E-state index is 11.2. The van der Waals surface area contributed by atoms with Crippen LogP contribution in [-0.2, 0) is 6.42 Å². The van der Waals surface area contributed by atoms with Crippen LogP contribution in [0, 0.1) is 6.92 Å². The fourth-order valence-corrected chi connectivity index (χ4v) is 1.69. The molecule has 0 aliphatic heterocycles. The number of nitrogen functional groups attached to an aromatic ring is 1. The number of pyridine rings is 1. The molecule has 0 amide bonds. The van der Waals surface area contributed by atoms with Gasteiger partial charge in [0.1, 0.15) is 11.6 Å². The first-order valence-corrected chi connectivity index (χ1v) is 5.82. The van der Waals surface area contributed by atoms with Crippen LogP contribution >= 0.6 is 0 Å². The van der Waals surface area contributed by atoms with Crippen molar-refractivity contribution in [3.63, 3.8) is 0 Å². The van der Waals surface area contributed by atoms with Gasteiger partial charge in [0.2, 0.25) is 5.56 Å². The Kier molecular flexibility index (Phi) is 3.67. The lowest BCUT2D eigenvalue weighted by Crippen LogP contribution is -2.10. The summed E-state index contributed by atoms with van der Waals surface area (Å²) in [6.45, 7) is 2.55. The number of rotatable bonds is 4. The summed E-state index contributed by atoms with van der Waals surface area (Å²) in [7, 11) is 0. The van der Waals surface area contributed by atoms with E-state index in [1.54, 1.807) is 6.07 Å². The molecule has 0 atom stereocenters. The average Bonchev–Trinajstić information content (AvgIpc) is 2.30. The first-order valence-electron chi connectivity index (χ1n) is 5.82. The van der Waals surface area contributed by atoms with E-state index in [2.05, 4.69) is 4.98 Å². The summed E-state index contributed by atoms with van der Waals surface area (Å²) in [5.41, 5.74) is 7.46. The molecule has 4 nitrogen and oxygen atoms in total. The largest absolute Gasteiger partial charge is 0.493 e. The van der Waals surface area contributed by atoms with Crippen LogP contribution in [0.15, 0.2) is 41.2 Å². The molecular weight excluding hydrogens is 228 g/mol. The zero-order chi connectivity index (χ0) is 13.0. The van der Waals surface area contributed by atoms with Crippen molar-refractivity contribution in [3.8, 4) is 5.75 Å². The summed E-state index contributed by atoms with van der Waals surface area (Å²) in [6, 6.07) is 11.2. The second-order valence-corrected chi connectivity index (χ2v) is 4.22. The van der Waals surface area contributed by atoms with E-state index in [-0.39, 0.29) is 5.56 Å². The quantitative estimate of drug-likeness (QED) is 0.863. The fourth-order valence-electron chi connectivity index (χ4n) is 1.69. The van der Waals surface area contributed by atoms with E-state index in [9.17, 15) is 4.79 Å². The summed E-state index contributed by atoms with van der Waals surface area (Å²) in [5, 5.41) is 0. The number of hydrogen-bond acceptors (Lipinski definition) is 3. The molecule has 0 fully saturated rings. The molecule has 4 heteroatoms. The van der Waals surface area contributed by atoms with E-state index < -0.39 is 0 Å². The lowest BCUT2D eigenvalue weighted by Gasteiger charge is -2.06. The maximum atomic E-state index is 11.2. The molecule has 0 aliphatic rings. The Morgan fingerprint density at radius 1 is 1.22 bits per heavy atom. The predicted molar refractivity (Wildman–Crippen MR) is 71.9 cm³/mol. The van der Waals surface area contributed by atoms with E-state index in [0.29, 0.717) is 18.8 Å². The Morgan fingerprint density at radius 2 is 1.94 bits per heavy atom. The van der Waals surface area contributed by atoms with Crippen LogP contribution in [0.5, 0.6) is 5.75 Å². The molecule has 1 heterocycles. The van der Waals surface area contributed by atoms with Gasteiger partial charge in [-0.05, 0) is 30.7 Å². The first kappa shape index (κ1) is 12.2. The topological polar surface area (TPSA) is 68.1 Å². The van der Waals surface area contributed by atoms with Crippen molar-refractivity contribution in [1.29, 1.82) is 0 Å².